The quantitative estimate of drug-likeness (QED) is 0.552. The van der Waals surface area contributed by atoms with Crippen LogP contribution in [-0.4, -0.2) is 63.8 Å². The van der Waals surface area contributed by atoms with E-state index in [0.717, 1.165) is 54.7 Å². The van der Waals surface area contributed by atoms with E-state index < -0.39 is 12.1 Å². The molecule has 4 rings (SSSR count). The van der Waals surface area contributed by atoms with E-state index in [-0.39, 0.29) is 36.0 Å². The summed E-state index contributed by atoms with van der Waals surface area (Å²) in [7, 11) is 1.73. The van der Waals surface area contributed by atoms with Gasteiger partial charge in [-0.05, 0) is 57.1 Å². The Morgan fingerprint density at radius 3 is 2.54 bits per heavy atom. The summed E-state index contributed by atoms with van der Waals surface area (Å²) in [4.78, 5) is 42.5. The number of Topliss-reactive ketones (excluding diaryl/α,β-unsaturated/α-hetero) is 1. The SMILES string of the molecule is CNC(C)C(=O)N[C@H](C(=O)N1CCC[C@H]1C(=O)Cc1snnc1-c1ccccc1)C1CCCCC1. The van der Waals surface area contributed by atoms with Crippen molar-refractivity contribution in [2.24, 2.45) is 5.92 Å². The van der Waals surface area contributed by atoms with Crippen molar-refractivity contribution in [2.45, 2.75) is 76.4 Å². The minimum absolute atomic E-state index is 0.0106. The maximum atomic E-state index is 13.8. The van der Waals surface area contributed by atoms with Crippen LogP contribution < -0.4 is 10.6 Å². The minimum Gasteiger partial charge on any atom is -0.343 e. The van der Waals surface area contributed by atoms with Crippen LogP contribution >= 0.6 is 11.5 Å². The summed E-state index contributed by atoms with van der Waals surface area (Å²) in [6.07, 6.45) is 6.77. The first kappa shape index (κ1) is 25.4. The number of nitrogens with one attached hydrogen (secondary N) is 2. The number of amides is 2. The molecule has 3 atom stereocenters. The lowest BCUT2D eigenvalue weighted by molar-refractivity contribution is -0.142. The third-order valence-corrected chi connectivity index (χ3v) is 8.08. The van der Waals surface area contributed by atoms with Gasteiger partial charge < -0.3 is 15.5 Å². The Morgan fingerprint density at radius 1 is 1.09 bits per heavy atom. The number of rotatable bonds is 9. The van der Waals surface area contributed by atoms with Gasteiger partial charge in [0.2, 0.25) is 11.8 Å². The summed E-state index contributed by atoms with van der Waals surface area (Å²) in [6, 6.07) is 8.28. The number of likely N-dealkylation sites (N-methyl/N-ethyl adjacent to an activating group) is 1. The van der Waals surface area contributed by atoms with Gasteiger partial charge in [-0.25, -0.2) is 0 Å². The molecular formula is C26H35N5O3S. The Labute approximate surface area is 211 Å². The number of benzene rings is 1. The number of carbonyl (C=O) groups excluding carboxylic acids is 3. The van der Waals surface area contributed by atoms with Gasteiger partial charge in [-0.1, -0.05) is 54.1 Å². The Morgan fingerprint density at radius 2 is 1.83 bits per heavy atom. The van der Waals surface area contributed by atoms with Gasteiger partial charge in [-0.2, -0.15) is 0 Å². The predicted molar refractivity (Wildman–Crippen MR) is 136 cm³/mol. The van der Waals surface area contributed by atoms with Crippen molar-refractivity contribution in [1.82, 2.24) is 25.1 Å². The minimum atomic E-state index is -0.586. The first-order chi connectivity index (χ1) is 17.0. The summed E-state index contributed by atoms with van der Waals surface area (Å²) in [6.45, 7) is 2.33. The maximum absolute atomic E-state index is 13.8. The van der Waals surface area contributed by atoms with E-state index in [2.05, 4.69) is 20.2 Å². The van der Waals surface area contributed by atoms with Crippen LogP contribution in [0, 0.1) is 5.92 Å². The molecule has 2 fully saturated rings. The third-order valence-electron chi connectivity index (χ3n) is 7.36. The van der Waals surface area contributed by atoms with E-state index in [1.54, 1.807) is 18.9 Å². The van der Waals surface area contributed by atoms with Crippen molar-refractivity contribution in [3.8, 4) is 11.3 Å². The van der Waals surface area contributed by atoms with E-state index in [1.807, 2.05) is 30.3 Å². The standard InChI is InChI=1S/C26H35N5O3S/c1-17(27-2)25(33)28-24(19-12-7-4-8-13-19)26(34)31-15-9-14-20(31)21(32)16-22-23(29-30-35-22)18-10-5-3-6-11-18/h3,5-6,10-11,17,19-20,24,27H,4,7-9,12-16H2,1-2H3,(H,28,33)/t17?,20-,24-/m0/s1. The summed E-state index contributed by atoms with van der Waals surface area (Å²) in [5.74, 6) is -0.177. The fourth-order valence-electron chi connectivity index (χ4n) is 5.22. The van der Waals surface area contributed by atoms with Crippen LogP contribution in [0.4, 0.5) is 0 Å². The van der Waals surface area contributed by atoms with Gasteiger partial charge in [0.15, 0.2) is 5.78 Å². The molecule has 0 bridgehead atoms. The van der Waals surface area contributed by atoms with Crippen molar-refractivity contribution in [3.05, 3.63) is 35.2 Å². The molecule has 2 heterocycles. The lowest BCUT2D eigenvalue weighted by Gasteiger charge is -2.35. The van der Waals surface area contributed by atoms with Gasteiger partial charge in [0, 0.05) is 18.5 Å². The van der Waals surface area contributed by atoms with Crippen LogP contribution in [0.15, 0.2) is 30.3 Å². The molecule has 2 aliphatic rings. The second kappa shape index (κ2) is 11.9. The molecule has 2 aromatic rings. The molecule has 2 N–H and O–H groups in total. The number of aromatic nitrogens is 2. The predicted octanol–water partition coefficient (Wildman–Crippen LogP) is 2.98. The van der Waals surface area contributed by atoms with E-state index in [0.29, 0.717) is 13.0 Å². The molecule has 1 aliphatic carbocycles. The van der Waals surface area contributed by atoms with Gasteiger partial charge in [-0.15, -0.1) is 5.10 Å². The molecule has 1 aromatic carbocycles. The van der Waals surface area contributed by atoms with Crippen molar-refractivity contribution < 1.29 is 14.4 Å². The van der Waals surface area contributed by atoms with Gasteiger partial charge in [0.1, 0.15) is 11.7 Å². The van der Waals surface area contributed by atoms with Crippen LogP contribution in [0.3, 0.4) is 0 Å². The topological polar surface area (TPSA) is 104 Å². The Hall–Kier alpha value is -2.65. The first-order valence-electron chi connectivity index (χ1n) is 12.7. The molecular weight excluding hydrogens is 462 g/mol. The average Bonchev–Trinajstić information content (AvgIpc) is 3.57. The van der Waals surface area contributed by atoms with Crippen LogP contribution in [0.1, 0.15) is 56.7 Å². The van der Waals surface area contributed by atoms with E-state index in [4.69, 9.17) is 0 Å². The third kappa shape index (κ3) is 5.95. The van der Waals surface area contributed by atoms with E-state index in [1.165, 1.54) is 11.5 Å². The Bertz CT molecular complexity index is 1020. The number of carbonyl (C=O) groups is 3. The largest absolute Gasteiger partial charge is 0.343 e. The Balaban J connectivity index is 1.50. The maximum Gasteiger partial charge on any atom is 0.246 e. The molecule has 0 spiro atoms. The normalized spacial score (nSPS) is 20.4. The second-order valence-electron chi connectivity index (χ2n) is 9.64. The zero-order valence-electron chi connectivity index (χ0n) is 20.5. The highest BCUT2D eigenvalue weighted by Crippen LogP contribution is 2.31. The fourth-order valence-corrected chi connectivity index (χ4v) is 5.89. The van der Waals surface area contributed by atoms with Gasteiger partial charge in [0.25, 0.3) is 0 Å². The fraction of sp³-hybridized carbons (Fsp3) is 0.577. The highest BCUT2D eigenvalue weighted by atomic mass is 32.1. The molecule has 1 aliphatic heterocycles. The molecule has 2 amide bonds. The molecule has 1 saturated heterocycles. The summed E-state index contributed by atoms with van der Waals surface area (Å²) in [5.41, 5.74) is 1.66. The molecule has 1 saturated carbocycles. The first-order valence-corrected chi connectivity index (χ1v) is 13.4. The zero-order chi connectivity index (χ0) is 24.8. The molecule has 1 unspecified atom stereocenters. The van der Waals surface area contributed by atoms with Crippen LogP contribution in [0.5, 0.6) is 0 Å². The number of likely N-dealkylation sites (tertiary alicyclic amines) is 1. The lowest BCUT2D eigenvalue weighted by atomic mass is 9.83. The van der Waals surface area contributed by atoms with Gasteiger partial charge in [0.05, 0.1) is 17.0 Å². The average molecular weight is 498 g/mol. The summed E-state index contributed by atoms with van der Waals surface area (Å²) in [5, 5.41) is 10.2. The molecule has 35 heavy (non-hydrogen) atoms. The van der Waals surface area contributed by atoms with Crippen molar-refractivity contribution >= 4 is 29.1 Å². The number of nitrogens with zero attached hydrogens (tertiary/aromatic N) is 3. The van der Waals surface area contributed by atoms with Crippen LogP contribution in [0.2, 0.25) is 0 Å². The van der Waals surface area contributed by atoms with E-state index >= 15 is 0 Å². The van der Waals surface area contributed by atoms with Gasteiger partial charge >= 0.3 is 0 Å². The molecule has 188 valence electrons. The molecule has 9 heteroatoms. The number of ketones is 1. The van der Waals surface area contributed by atoms with E-state index in [9.17, 15) is 14.4 Å². The van der Waals surface area contributed by atoms with Gasteiger partial charge in [-0.3, -0.25) is 14.4 Å². The lowest BCUT2D eigenvalue weighted by Crippen LogP contribution is -2.57. The highest BCUT2D eigenvalue weighted by molar-refractivity contribution is 7.06. The highest BCUT2D eigenvalue weighted by Gasteiger charge is 2.41. The smallest absolute Gasteiger partial charge is 0.246 e. The number of hydrogen-bond donors (Lipinski definition) is 2. The molecule has 8 nitrogen and oxygen atoms in total. The summed E-state index contributed by atoms with van der Waals surface area (Å²) < 4.78 is 4.08. The number of hydrogen-bond acceptors (Lipinski definition) is 7. The Kier molecular flexibility index (Phi) is 8.62. The van der Waals surface area contributed by atoms with Crippen molar-refractivity contribution in [1.29, 1.82) is 0 Å². The monoisotopic (exact) mass is 497 g/mol. The second-order valence-corrected chi connectivity index (χ2v) is 10.5. The van der Waals surface area contributed by atoms with Crippen molar-refractivity contribution in [2.75, 3.05) is 13.6 Å². The molecule has 1 aromatic heterocycles. The zero-order valence-corrected chi connectivity index (χ0v) is 21.4. The van der Waals surface area contributed by atoms with Crippen LogP contribution in [-0.2, 0) is 20.8 Å². The van der Waals surface area contributed by atoms with Crippen molar-refractivity contribution in [3.63, 3.8) is 0 Å². The molecule has 0 radical (unpaired) electrons. The van der Waals surface area contributed by atoms with Crippen LogP contribution in [0.25, 0.3) is 11.3 Å². The summed E-state index contributed by atoms with van der Waals surface area (Å²) >= 11 is 1.23.